The molecule has 0 saturated heterocycles. The van der Waals surface area contributed by atoms with Gasteiger partial charge >= 0.3 is 5.97 Å². The van der Waals surface area contributed by atoms with E-state index >= 15 is 0 Å². The molecule has 0 saturated carbocycles. The monoisotopic (exact) mass is 358 g/mol. The van der Waals surface area contributed by atoms with Crippen LogP contribution in [0, 0.1) is 12.8 Å². The van der Waals surface area contributed by atoms with Crippen LogP contribution in [0.1, 0.15) is 52.5 Å². The van der Waals surface area contributed by atoms with Gasteiger partial charge in [-0.15, -0.1) is 0 Å². The normalized spacial score (nSPS) is 10.6. The number of carbonyl (C=O) groups excluding carboxylic acids is 2. The Bertz CT molecular complexity index is 823. The quantitative estimate of drug-likeness (QED) is 0.704. The molecule has 7 heteroatoms. The van der Waals surface area contributed by atoms with Gasteiger partial charge in [0.1, 0.15) is 5.76 Å². The van der Waals surface area contributed by atoms with Crippen molar-refractivity contribution in [3.05, 3.63) is 53.0 Å². The second-order valence-corrected chi connectivity index (χ2v) is 6.43. The summed E-state index contributed by atoms with van der Waals surface area (Å²) in [6, 6.07) is 7.84. The number of hydrogen-bond donors (Lipinski definition) is 3. The third-order valence-corrected chi connectivity index (χ3v) is 3.65. The highest BCUT2D eigenvalue weighted by Crippen LogP contribution is 2.18. The first-order valence-electron chi connectivity index (χ1n) is 8.27. The van der Waals surface area contributed by atoms with Gasteiger partial charge in [-0.05, 0) is 48.7 Å². The highest BCUT2D eigenvalue weighted by molar-refractivity contribution is 5.96. The van der Waals surface area contributed by atoms with E-state index in [1.165, 1.54) is 12.1 Å². The van der Waals surface area contributed by atoms with Crippen molar-refractivity contribution >= 4 is 23.5 Å². The first-order valence-corrected chi connectivity index (χ1v) is 8.27. The van der Waals surface area contributed by atoms with Crippen molar-refractivity contribution in [3.63, 3.8) is 0 Å². The van der Waals surface area contributed by atoms with Crippen LogP contribution >= 0.6 is 0 Å². The molecule has 1 aromatic heterocycles. The number of furan rings is 1. The molecule has 0 atom stereocenters. The van der Waals surface area contributed by atoms with Crippen LogP contribution in [-0.4, -0.2) is 22.9 Å². The summed E-state index contributed by atoms with van der Waals surface area (Å²) in [4.78, 5) is 34.9. The molecule has 0 spiro atoms. The summed E-state index contributed by atoms with van der Waals surface area (Å²) >= 11 is 0. The van der Waals surface area contributed by atoms with E-state index in [-0.39, 0.29) is 30.0 Å². The lowest BCUT2D eigenvalue weighted by molar-refractivity contribution is -0.116. The molecule has 1 aromatic carbocycles. The summed E-state index contributed by atoms with van der Waals surface area (Å²) in [7, 11) is 0. The maximum absolute atomic E-state index is 12.2. The fourth-order valence-corrected chi connectivity index (χ4v) is 2.37. The summed E-state index contributed by atoms with van der Waals surface area (Å²) in [6.07, 6.45) is 0.434. The second-order valence-electron chi connectivity index (χ2n) is 6.43. The van der Waals surface area contributed by atoms with Crippen molar-refractivity contribution in [1.82, 2.24) is 5.32 Å². The van der Waals surface area contributed by atoms with E-state index < -0.39 is 5.97 Å². The number of rotatable bonds is 7. The molecule has 0 aliphatic carbocycles. The van der Waals surface area contributed by atoms with Crippen molar-refractivity contribution in [3.8, 4) is 0 Å². The van der Waals surface area contributed by atoms with Crippen LogP contribution in [0.3, 0.4) is 0 Å². The Balaban J connectivity index is 1.97. The summed E-state index contributed by atoms with van der Waals surface area (Å²) in [5.41, 5.74) is 1.89. The van der Waals surface area contributed by atoms with Gasteiger partial charge < -0.3 is 20.2 Å². The summed E-state index contributed by atoms with van der Waals surface area (Å²) in [5.74, 6) is -1.10. The first kappa shape index (κ1) is 19.2. The van der Waals surface area contributed by atoms with E-state index in [0.717, 1.165) is 5.56 Å². The predicted octanol–water partition coefficient (Wildman–Crippen LogP) is 3.20. The average molecular weight is 358 g/mol. The fourth-order valence-electron chi connectivity index (χ4n) is 2.37. The highest BCUT2D eigenvalue weighted by atomic mass is 16.4. The molecule has 0 aliphatic heterocycles. The molecule has 0 aliphatic rings. The zero-order chi connectivity index (χ0) is 19.3. The highest BCUT2D eigenvalue weighted by Gasteiger charge is 2.12. The lowest BCUT2D eigenvalue weighted by Crippen LogP contribution is -2.23. The summed E-state index contributed by atoms with van der Waals surface area (Å²) < 4.78 is 5.09. The van der Waals surface area contributed by atoms with Crippen LogP contribution in [0.15, 0.2) is 34.7 Å². The lowest BCUT2D eigenvalue weighted by atomic mass is 10.1. The maximum atomic E-state index is 12.2. The number of anilines is 1. The van der Waals surface area contributed by atoms with E-state index in [9.17, 15) is 14.4 Å². The number of hydrogen-bond acceptors (Lipinski definition) is 4. The number of amides is 2. The number of benzene rings is 1. The third kappa shape index (κ3) is 5.20. The van der Waals surface area contributed by atoms with Crippen LogP contribution in [0.4, 0.5) is 5.69 Å². The zero-order valence-electron chi connectivity index (χ0n) is 15.0. The van der Waals surface area contributed by atoms with Gasteiger partial charge in [-0.1, -0.05) is 13.8 Å². The maximum Gasteiger partial charge on any atom is 0.371 e. The molecule has 0 fully saturated rings. The van der Waals surface area contributed by atoms with Crippen LogP contribution in [-0.2, 0) is 11.3 Å². The van der Waals surface area contributed by atoms with Crippen LogP contribution in [0.25, 0.3) is 0 Å². The molecular formula is C19H22N2O5. The van der Waals surface area contributed by atoms with Crippen LogP contribution in [0.2, 0.25) is 0 Å². The fraction of sp³-hybridized carbons (Fsp3) is 0.316. The Hall–Kier alpha value is -3.09. The molecule has 0 bridgehead atoms. The average Bonchev–Trinajstić information content (AvgIpc) is 3.03. The van der Waals surface area contributed by atoms with Crippen molar-refractivity contribution in [2.75, 3.05) is 5.32 Å². The molecule has 7 nitrogen and oxygen atoms in total. The number of aryl methyl sites for hydroxylation is 1. The molecule has 0 radical (unpaired) electrons. The Kier molecular flexibility index (Phi) is 6.16. The largest absolute Gasteiger partial charge is 0.475 e. The first-order chi connectivity index (χ1) is 12.3. The standard InChI is InChI=1S/C19H22N2O5/c1-11(2)8-17(22)21-15-6-4-13(9-12(15)3)18(23)20-10-14-5-7-16(26-14)19(24)25/h4-7,9,11H,8,10H2,1-3H3,(H,20,23)(H,21,22)(H,24,25). The second kappa shape index (κ2) is 8.33. The van der Waals surface area contributed by atoms with Crippen molar-refractivity contribution in [1.29, 1.82) is 0 Å². The number of carboxylic acids is 1. The minimum atomic E-state index is -1.16. The molecule has 1 heterocycles. The minimum absolute atomic E-state index is 0.0626. The van der Waals surface area contributed by atoms with Crippen LogP contribution in [0.5, 0.6) is 0 Å². The Labute approximate surface area is 151 Å². The summed E-state index contributed by atoms with van der Waals surface area (Å²) in [6.45, 7) is 5.84. The molecule has 26 heavy (non-hydrogen) atoms. The van der Waals surface area contributed by atoms with E-state index in [2.05, 4.69) is 10.6 Å². The summed E-state index contributed by atoms with van der Waals surface area (Å²) in [5, 5.41) is 14.3. The SMILES string of the molecule is Cc1cc(C(=O)NCc2ccc(C(=O)O)o2)ccc1NC(=O)CC(C)C. The zero-order valence-corrected chi connectivity index (χ0v) is 15.0. The Morgan fingerprint density at radius 2 is 1.88 bits per heavy atom. The number of carbonyl (C=O) groups is 3. The van der Waals surface area contributed by atoms with E-state index in [4.69, 9.17) is 9.52 Å². The van der Waals surface area contributed by atoms with Gasteiger partial charge in [0.05, 0.1) is 6.54 Å². The molecule has 2 aromatic rings. The lowest BCUT2D eigenvalue weighted by Gasteiger charge is -2.11. The van der Waals surface area contributed by atoms with Crippen molar-refractivity contribution < 1.29 is 23.9 Å². The van der Waals surface area contributed by atoms with E-state index in [1.807, 2.05) is 20.8 Å². The van der Waals surface area contributed by atoms with Gasteiger partial charge in [-0.3, -0.25) is 9.59 Å². The Morgan fingerprint density at radius 3 is 2.46 bits per heavy atom. The van der Waals surface area contributed by atoms with Crippen molar-refractivity contribution in [2.45, 2.75) is 33.7 Å². The van der Waals surface area contributed by atoms with E-state index in [1.54, 1.807) is 18.2 Å². The third-order valence-electron chi connectivity index (χ3n) is 3.65. The van der Waals surface area contributed by atoms with Gasteiger partial charge in [-0.2, -0.15) is 0 Å². The topological polar surface area (TPSA) is 109 Å². The Morgan fingerprint density at radius 1 is 1.15 bits per heavy atom. The van der Waals surface area contributed by atoms with Crippen LogP contribution < -0.4 is 10.6 Å². The van der Waals surface area contributed by atoms with Crippen molar-refractivity contribution in [2.24, 2.45) is 5.92 Å². The number of aromatic carboxylic acids is 1. The smallest absolute Gasteiger partial charge is 0.371 e. The van der Waals surface area contributed by atoms with Gasteiger partial charge in [-0.25, -0.2) is 4.79 Å². The molecule has 3 N–H and O–H groups in total. The molecule has 2 rings (SSSR count). The minimum Gasteiger partial charge on any atom is -0.475 e. The molecular weight excluding hydrogens is 336 g/mol. The van der Waals surface area contributed by atoms with Gasteiger partial charge in [0.15, 0.2) is 0 Å². The predicted molar refractivity (Wildman–Crippen MR) is 96.1 cm³/mol. The van der Waals surface area contributed by atoms with E-state index in [0.29, 0.717) is 23.4 Å². The number of nitrogens with one attached hydrogen (secondary N) is 2. The van der Waals surface area contributed by atoms with Gasteiger partial charge in [0.2, 0.25) is 11.7 Å². The van der Waals surface area contributed by atoms with Gasteiger partial charge in [0.25, 0.3) is 5.91 Å². The molecule has 138 valence electrons. The molecule has 0 unspecified atom stereocenters. The van der Waals surface area contributed by atoms with Gasteiger partial charge in [0, 0.05) is 17.7 Å². The molecule has 2 amide bonds. The number of carboxylic acid groups (broad SMARTS) is 1.